The summed E-state index contributed by atoms with van der Waals surface area (Å²) in [5.74, 6) is 0. The van der Waals surface area contributed by atoms with Crippen molar-refractivity contribution in [2.24, 2.45) is 0 Å². The molecular weight excluding hydrogens is 404 g/mol. The zero-order chi connectivity index (χ0) is 21.3. The lowest BCUT2D eigenvalue weighted by Crippen LogP contribution is -2.36. The molecule has 5 rings (SSSR count). The minimum absolute atomic E-state index is 0.341. The molecule has 0 amide bonds. The van der Waals surface area contributed by atoms with E-state index in [4.69, 9.17) is 0 Å². The number of rotatable bonds is 7. The van der Waals surface area contributed by atoms with Crippen LogP contribution in [0.4, 0.5) is 0 Å². The average molecular weight is 433 g/mol. The second-order valence-corrected chi connectivity index (χ2v) is 10.2. The Morgan fingerprint density at radius 2 is 1.61 bits per heavy atom. The predicted octanol–water partition coefficient (Wildman–Crippen LogP) is 4.57. The van der Waals surface area contributed by atoms with E-state index < -0.39 is 10.0 Å². The molecule has 0 aromatic heterocycles. The van der Waals surface area contributed by atoms with E-state index in [1.807, 2.05) is 42.5 Å². The van der Waals surface area contributed by atoms with Gasteiger partial charge in [-0.15, -0.1) is 0 Å². The van der Waals surface area contributed by atoms with Crippen LogP contribution in [0.3, 0.4) is 0 Å². The number of hydrogen-bond acceptors (Lipinski definition) is 3. The molecule has 31 heavy (non-hydrogen) atoms. The highest BCUT2D eigenvalue weighted by Gasteiger charge is 2.32. The van der Waals surface area contributed by atoms with Crippen LogP contribution < -0.4 is 4.72 Å². The Morgan fingerprint density at radius 3 is 2.45 bits per heavy atom. The van der Waals surface area contributed by atoms with Crippen molar-refractivity contribution in [1.82, 2.24) is 9.62 Å². The van der Waals surface area contributed by atoms with E-state index in [1.54, 1.807) is 17.7 Å². The first kappa shape index (κ1) is 20.4. The molecule has 4 nitrogen and oxygen atoms in total. The van der Waals surface area contributed by atoms with E-state index in [9.17, 15) is 8.42 Å². The molecule has 0 spiro atoms. The van der Waals surface area contributed by atoms with Gasteiger partial charge < -0.3 is 0 Å². The highest BCUT2D eigenvalue weighted by atomic mass is 32.2. The van der Waals surface area contributed by atoms with Crippen molar-refractivity contribution in [2.45, 2.75) is 36.6 Å². The average Bonchev–Trinajstić information content (AvgIpc) is 3.25. The molecule has 0 fully saturated rings. The highest BCUT2D eigenvalue weighted by Crippen LogP contribution is 2.41. The van der Waals surface area contributed by atoms with Crippen molar-refractivity contribution < 1.29 is 8.42 Å². The van der Waals surface area contributed by atoms with E-state index in [1.165, 1.54) is 17.5 Å². The lowest BCUT2D eigenvalue weighted by Gasteiger charge is -2.35. The van der Waals surface area contributed by atoms with Gasteiger partial charge in [0, 0.05) is 31.2 Å². The third-order valence-electron chi connectivity index (χ3n) is 6.59. The molecule has 3 aromatic rings. The van der Waals surface area contributed by atoms with Gasteiger partial charge in [-0.1, -0.05) is 66.7 Å². The Labute approximate surface area is 185 Å². The quantitative estimate of drug-likeness (QED) is 0.557. The fourth-order valence-electron chi connectivity index (χ4n) is 5.14. The Kier molecular flexibility index (Phi) is 5.65. The molecule has 2 aliphatic rings. The summed E-state index contributed by atoms with van der Waals surface area (Å²) in [6.45, 7) is 2.43. The van der Waals surface area contributed by atoms with Gasteiger partial charge in [-0.3, -0.25) is 4.90 Å². The first-order chi connectivity index (χ1) is 15.1. The van der Waals surface area contributed by atoms with Crippen molar-refractivity contribution in [3.63, 3.8) is 0 Å². The Morgan fingerprint density at radius 1 is 0.871 bits per heavy atom. The molecule has 1 heterocycles. The molecule has 0 radical (unpaired) electrons. The van der Waals surface area contributed by atoms with Crippen LogP contribution in [-0.4, -0.2) is 33.0 Å². The SMILES string of the molecule is O=S(=O)(NCCCN1CCc2cccc3c2C1CC3)c1ccccc1-c1ccccc1. The van der Waals surface area contributed by atoms with Crippen molar-refractivity contribution >= 4 is 10.0 Å². The number of sulfonamides is 1. The number of nitrogens with one attached hydrogen (secondary N) is 1. The number of benzene rings is 3. The summed E-state index contributed by atoms with van der Waals surface area (Å²) >= 11 is 0. The molecule has 3 aromatic carbocycles. The first-order valence-electron chi connectivity index (χ1n) is 11.1. The highest BCUT2D eigenvalue weighted by molar-refractivity contribution is 7.89. The number of nitrogens with zero attached hydrogens (tertiary/aromatic N) is 1. The normalized spacial score (nSPS) is 18.1. The molecule has 160 valence electrons. The Hall–Kier alpha value is -2.47. The topological polar surface area (TPSA) is 49.4 Å². The predicted molar refractivity (Wildman–Crippen MR) is 124 cm³/mol. The van der Waals surface area contributed by atoms with E-state index >= 15 is 0 Å². The van der Waals surface area contributed by atoms with Gasteiger partial charge in [-0.25, -0.2) is 13.1 Å². The van der Waals surface area contributed by atoms with Crippen molar-refractivity contribution in [1.29, 1.82) is 0 Å². The van der Waals surface area contributed by atoms with Crippen molar-refractivity contribution in [3.8, 4) is 11.1 Å². The monoisotopic (exact) mass is 432 g/mol. The standard InChI is InChI=1S/C26H28N2O2S/c29-31(30,25-13-5-4-12-23(25)20-8-2-1-3-9-20)27-17-7-18-28-19-16-22-11-6-10-21-14-15-24(28)26(21)22/h1-6,8-13,24,27H,7,14-19H2. The summed E-state index contributed by atoms with van der Waals surface area (Å²) in [5, 5.41) is 0. The van der Waals surface area contributed by atoms with E-state index in [-0.39, 0.29) is 0 Å². The van der Waals surface area contributed by atoms with Gasteiger partial charge in [0.2, 0.25) is 10.0 Å². The van der Waals surface area contributed by atoms with Crippen LogP contribution in [0.5, 0.6) is 0 Å². The molecule has 1 aliphatic carbocycles. The molecule has 0 bridgehead atoms. The summed E-state index contributed by atoms with van der Waals surface area (Å²) in [4.78, 5) is 2.89. The molecule has 1 atom stereocenters. The summed E-state index contributed by atoms with van der Waals surface area (Å²) in [7, 11) is -3.57. The van der Waals surface area contributed by atoms with Crippen LogP contribution >= 0.6 is 0 Å². The summed E-state index contributed by atoms with van der Waals surface area (Å²) in [6.07, 6.45) is 4.24. The van der Waals surface area contributed by atoms with Crippen molar-refractivity contribution in [2.75, 3.05) is 19.6 Å². The summed E-state index contributed by atoms with van der Waals surface area (Å²) in [6, 6.07) is 24.1. The second kappa shape index (κ2) is 8.58. The first-order valence-corrected chi connectivity index (χ1v) is 12.6. The minimum atomic E-state index is -3.57. The fraction of sp³-hybridized carbons (Fsp3) is 0.308. The van der Waals surface area contributed by atoms with Crippen LogP contribution in [0.2, 0.25) is 0 Å². The second-order valence-electron chi connectivity index (χ2n) is 8.44. The van der Waals surface area contributed by atoms with Crippen molar-refractivity contribution in [3.05, 3.63) is 89.5 Å². The maximum atomic E-state index is 13.0. The zero-order valence-electron chi connectivity index (χ0n) is 17.6. The van der Waals surface area contributed by atoms with Crippen LogP contribution in [0.25, 0.3) is 11.1 Å². The van der Waals surface area contributed by atoms with E-state index in [2.05, 4.69) is 27.8 Å². The van der Waals surface area contributed by atoms with E-state index in [0.717, 1.165) is 43.5 Å². The minimum Gasteiger partial charge on any atom is -0.296 e. The molecule has 0 saturated heterocycles. The summed E-state index contributed by atoms with van der Waals surface area (Å²) in [5.41, 5.74) is 6.21. The van der Waals surface area contributed by atoms with Gasteiger partial charge in [0.25, 0.3) is 0 Å². The molecule has 1 unspecified atom stereocenters. The number of aryl methyl sites for hydroxylation is 1. The van der Waals surface area contributed by atoms with Gasteiger partial charge in [-0.05, 0) is 54.0 Å². The molecule has 1 N–H and O–H groups in total. The third-order valence-corrected chi connectivity index (χ3v) is 8.11. The summed E-state index contributed by atoms with van der Waals surface area (Å²) < 4.78 is 28.9. The largest absolute Gasteiger partial charge is 0.296 e. The van der Waals surface area contributed by atoms with Crippen LogP contribution in [-0.2, 0) is 22.9 Å². The van der Waals surface area contributed by atoms with Crippen LogP contribution in [0, 0.1) is 0 Å². The number of hydrogen-bond donors (Lipinski definition) is 1. The van der Waals surface area contributed by atoms with Gasteiger partial charge in [-0.2, -0.15) is 0 Å². The van der Waals surface area contributed by atoms with Gasteiger partial charge >= 0.3 is 0 Å². The molecule has 0 saturated carbocycles. The fourth-order valence-corrected chi connectivity index (χ4v) is 6.44. The third kappa shape index (κ3) is 4.05. The molecular formula is C26H28N2O2S. The van der Waals surface area contributed by atoms with Gasteiger partial charge in [0.05, 0.1) is 4.90 Å². The lowest BCUT2D eigenvalue weighted by atomic mass is 9.93. The molecule has 5 heteroatoms. The lowest BCUT2D eigenvalue weighted by molar-refractivity contribution is 0.184. The maximum absolute atomic E-state index is 13.0. The maximum Gasteiger partial charge on any atom is 0.241 e. The Bertz CT molecular complexity index is 1180. The Balaban J connectivity index is 1.23. The molecule has 1 aliphatic heterocycles. The zero-order valence-corrected chi connectivity index (χ0v) is 18.4. The van der Waals surface area contributed by atoms with Gasteiger partial charge in [0.1, 0.15) is 0 Å². The van der Waals surface area contributed by atoms with Gasteiger partial charge in [0.15, 0.2) is 0 Å². The smallest absolute Gasteiger partial charge is 0.241 e. The van der Waals surface area contributed by atoms with Crippen LogP contribution in [0.15, 0.2) is 77.7 Å². The van der Waals surface area contributed by atoms with E-state index in [0.29, 0.717) is 17.5 Å². The van der Waals surface area contributed by atoms with Crippen LogP contribution in [0.1, 0.15) is 35.6 Å².